The SMILES string of the molecule is COCC(=O)N1CCCC(c2nc(N)ncc2-c2ccc(OC)cc2)C1. The van der Waals surface area contributed by atoms with Crippen molar-refractivity contribution in [1.82, 2.24) is 14.9 Å². The minimum atomic E-state index is 0.00484. The highest BCUT2D eigenvalue weighted by Gasteiger charge is 2.27. The van der Waals surface area contributed by atoms with Crippen LogP contribution in [0.1, 0.15) is 24.5 Å². The first-order valence-electron chi connectivity index (χ1n) is 8.66. The number of amides is 1. The normalized spacial score (nSPS) is 17.2. The van der Waals surface area contributed by atoms with Crippen LogP contribution >= 0.6 is 0 Å². The first-order valence-corrected chi connectivity index (χ1v) is 8.66. The lowest BCUT2D eigenvalue weighted by molar-refractivity contribution is -0.136. The number of hydrogen-bond acceptors (Lipinski definition) is 6. The zero-order valence-electron chi connectivity index (χ0n) is 15.1. The molecule has 0 radical (unpaired) electrons. The first kappa shape index (κ1) is 18.1. The second kappa shape index (κ2) is 8.14. The molecule has 7 nitrogen and oxygen atoms in total. The standard InChI is InChI=1S/C19H24N4O3/c1-25-12-17(24)23-9-3-4-14(11-23)18-16(10-21-19(20)22-18)13-5-7-15(26-2)8-6-13/h5-8,10,14H,3-4,9,11-12H2,1-2H3,(H2,20,21,22). The number of carbonyl (C=O) groups is 1. The van der Waals surface area contributed by atoms with Crippen molar-refractivity contribution in [2.75, 3.05) is 39.6 Å². The highest BCUT2D eigenvalue weighted by atomic mass is 16.5. The summed E-state index contributed by atoms with van der Waals surface area (Å²) in [7, 11) is 3.17. The number of aromatic nitrogens is 2. The Labute approximate surface area is 153 Å². The summed E-state index contributed by atoms with van der Waals surface area (Å²) < 4.78 is 10.2. The molecule has 1 aromatic carbocycles. The van der Waals surface area contributed by atoms with Crippen LogP contribution in [0.2, 0.25) is 0 Å². The summed E-state index contributed by atoms with van der Waals surface area (Å²) in [5, 5.41) is 0. The van der Waals surface area contributed by atoms with Crippen LogP contribution in [-0.2, 0) is 9.53 Å². The lowest BCUT2D eigenvalue weighted by Crippen LogP contribution is -2.41. The molecule has 26 heavy (non-hydrogen) atoms. The second-order valence-corrected chi connectivity index (χ2v) is 6.37. The molecular formula is C19H24N4O3. The maximum Gasteiger partial charge on any atom is 0.248 e. The smallest absolute Gasteiger partial charge is 0.248 e. The van der Waals surface area contributed by atoms with E-state index in [0.29, 0.717) is 6.54 Å². The Morgan fingerprint density at radius 1 is 1.31 bits per heavy atom. The van der Waals surface area contributed by atoms with Gasteiger partial charge in [0.1, 0.15) is 12.4 Å². The number of likely N-dealkylation sites (tertiary alicyclic amines) is 1. The number of piperidine rings is 1. The van der Waals surface area contributed by atoms with Gasteiger partial charge in [0.25, 0.3) is 0 Å². The Bertz CT molecular complexity index is 764. The number of methoxy groups -OCH3 is 2. The monoisotopic (exact) mass is 356 g/mol. The molecule has 2 N–H and O–H groups in total. The largest absolute Gasteiger partial charge is 0.497 e. The molecule has 1 aromatic heterocycles. The maximum absolute atomic E-state index is 12.2. The third-order valence-electron chi connectivity index (χ3n) is 4.67. The quantitative estimate of drug-likeness (QED) is 0.882. The lowest BCUT2D eigenvalue weighted by Gasteiger charge is -2.33. The fourth-order valence-electron chi connectivity index (χ4n) is 3.36. The highest BCUT2D eigenvalue weighted by Crippen LogP contribution is 2.34. The van der Waals surface area contributed by atoms with Crippen molar-refractivity contribution in [3.8, 4) is 16.9 Å². The van der Waals surface area contributed by atoms with Crippen LogP contribution in [-0.4, -0.2) is 54.7 Å². The number of nitrogens with two attached hydrogens (primary N) is 1. The van der Waals surface area contributed by atoms with Gasteiger partial charge in [-0.15, -0.1) is 0 Å². The molecule has 0 aliphatic carbocycles. The number of anilines is 1. The van der Waals surface area contributed by atoms with Gasteiger partial charge >= 0.3 is 0 Å². The van der Waals surface area contributed by atoms with Crippen LogP contribution in [0.15, 0.2) is 30.5 Å². The molecule has 2 aromatic rings. The van der Waals surface area contributed by atoms with Crippen LogP contribution in [0, 0.1) is 0 Å². The molecule has 0 bridgehead atoms. The summed E-state index contributed by atoms with van der Waals surface area (Å²) >= 11 is 0. The molecule has 0 spiro atoms. The lowest BCUT2D eigenvalue weighted by atomic mass is 9.90. The molecule has 1 saturated heterocycles. The number of ether oxygens (including phenoxy) is 2. The topological polar surface area (TPSA) is 90.6 Å². The van der Waals surface area contributed by atoms with Crippen LogP contribution in [0.5, 0.6) is 5.75 Å². The van der Waals surface area contributed by atoms with Crippen molar-refractivity contribution < 1.29 is 14.3 Å². The molecule has 1 atom stereocenters. The Kier molecular flexibility index (Phi) is 5.68. The van der Waals surface area contributed by atoms with Gasteiger partial charge in [-0.1, -0.05) is 12.1 Å². The van der Waals surface area contributed by atoms with Gasteiger partial charge in [0, 0.05) is 37.9 Å². The second-order valence-electron chi connectivity index (χ2n) is 6.37. The van der Waals surface area contributed by atoms with Crippen LogP contribution < -0.4 is 10.5 Å². The number of nitrogen functional groups attached to an aromatic ring is 1. The maximum atomic E-state index is 12.2. The molecular weight excluding hydrogens is 332 g/mol. The Hall–Kier alpha value is -2.67. The van der Waals surface area contributed by atoms with E-state index in [2.05, 4.69) is 9.97 Å². The summed E-state index contributed by atoms with van der Waals surface area (Å²) in [6, 6.07) is 7.78. The molecule has 7 heteroatoms. The van der Waals surface area contributed by atoms with E-state index in [0.717, 1.165) is 42.0 Å². The van der Waals surface area contributed by atoms with Crippen molar-refractivity contribution in [1.29, 1.82) is 0 Å². The van der Waals surface area contributed by atoms with Crippen molar-refractivity contribution in [3.05, 3.63) is 36.2 Å². The van der Waals surface area contributed by atoms with Crippen LogP contribution in [0.4, 0.5) is 5.95 Å². The fourth-order valence-corrected chi connectivity index (χ4v) is 3.36. The molecule has 3 rings (SSSR count). The van der Waals surface area contributed by atoms with Crippen molar-refractivity contribution in [2.24, 2.45) is 0 Å². The van der Waals surface area contributed by atoms with Gasteiger partial charge in [0.2, 0.25) is 11.9 Å². The average Bonchev–Trinajstić information content (AvgIpc) is 2.68. The van der Waals surface area contributed by atoms with E-state index in [1.54, 1.807) is 13.3 Å². The Balaban J connectivity index is 1.91. The van der Waals surface area contributed by atoms with Crippen molar-refractivity contribution >= 4 is 11.9 Å². The molecule has 0 saturated carbocycles. The van der Waals surface area contributed by atoms with Gasteiger partial charge in [-0.2, -0.15) is 0 Å². The first-order chi connectivity index (χ1) is 12.6. The van der Waals surface area contributed by atoms with Gasteiger partial charge in [0.15, 0.2) is 0 Å². The molecule has 138 valence electrons. The van der Waals surface area contributed by atoms with Crippen molar-refractivity contribution in [3.63, 3.8) is 0 Å². The van der Waals surface area contributed by atoms with Gasteiger partial charge in [-0.25, -0.2) is 9.97 Å². The van der Waals surface area contributed by atoms with E-state index < -0.39 is 0 Å². The predicted octanol–water partition coefficient (Wildman–Crippen LogP) is 2.09. The summed E-state index contributed by atoms with van der Waals surface area (Å²) in [5.41, 5.74) is 8.68. The Morgan fingerprint density at radius 2 is 2.08 bits per heavy atom. The van der Waals surface area contributed by atoms with Crippen molar-refractivity contribution in [2.45, 2.75) is 18.8 Å². The minimum Gasteiger partial charge on any atom is -0.497 e. The number of hydrogen-bond donors (Lipinski definition) is 1. The summed E-state index contributed by atoms with van der Waals surface area (Å²) in [5.74, 6) is 1.16. The predicted molar refractivity (Wildman–Crippen MR) is 98.9 cm³/mol. The van der Waals surface area contributed by atoms with E-state index in [1.165, 1.54) is 7.11 Å². The number of rotatable bonds is 5. The van der Waals surface area contributed by atoms with Gasteiger partial charge in [0.05, 0.1) is 12.8 Å². The summed E-state index contributed by atoms with van der Waals surface area (Å²) in [6.45, 7) is 1.46. The van der Waals surface area contributed by atoms with Gasteiger partial charge < -0.3 is 20.1 Å². The van der Waals surface area contributed by atoms with Crippen LogP contribution in [0.3, 0.4) is 0 Å². The molecule has 1 amide bonds. The average molecular weight is 356 g/mol. The molecule has 1 unspecified atom stereocenters. The Morgan fingerprint density at radius 3 is 2.77 bits per heavy atom. The number of benzene rings is 1. The van der Waals surface area contributed by atoms with Crippen LogP contribution in [0.25, 0.3) is 11.1 Å². The highest BCUT2D eigenvalue weighted by molar-refractivity contribution is 5.77. The zero-order chi connectivity index (χ0) is 18.5. The van der Waals surface area contributed by atoms with E-state index in [-0.39, 0.29) is 24.4 Å². The van der Waals surface area contributed by atoms with Gasteiger partial charge in [-0.05, 0) is 30.5 Å². The molecule has 1 aliphatic heterocycles. The molecule has 2 heterocycles. The van der Waals surface area contributed by atoms with E-state index in [4.69, 9.17) is 15.2 Å². The third kappa shape index (κ3) is 3.94. The van der Waals surface area contributed by atoms with E-state index in [1.807, 2.05) is 29.2 Å². The minimum absolute atomic E-state index is 0.00484. The summed E-state index contributed by atoms with van der Waals surface area (Å²) in [4.78, 5) is 22.7. The zero-order valence-corrected chi connectivity index (χ0v) is 15.1. The van der Waals surface area contributed by atoms with E-state index >= 15 is 0 Å². The van der Waals surface area contributed by atoms with E-state index in [9.17, 15) is 4.79 Å². The molecule has 1 aliphatic rings. The molecule has 1 fully saturated rings. The third-order valence-corrected chi connectivity index (χ3v) is 4.67. The number of carbonyl (C=O) groups excluding carboxylic acids is 1. The fraction of sp³-hybridized carbons (Fsp3) is 0.421. The van der Waals surface area contributed by atoms with Gasteiger partial charge in [-0.3, -0.25) is 4.79 Å². The summed E-state index contributed by atoms with van der Waals surface area (Å²) in [6.07, 6.45) is 3.64. The number of nitrogens with zero attached hydrogens (tertiary/aromatic N) is 3.